The molecule has 0 amide bonds. The summed E-state index contributed by atoms with van der Waals surface area (Å²) in [5, 5.41) is 0. The number of esters is 2. The van der Waals surface area contributed by atoms with Crippen molar-refractivity contribution in [1.82, 2.24) is 4.57 Å². The van der Waals surface area contributed by atoms with Crippen LogP contribution in [0.1, 0.15) is 28.5 Å². The van der Waals surface area contributed by atoms with Crippen molar-refractivity contribution in [3.63, 3.8) is 0 Å². The first kappa shape index (κ1) is 13.3. The Balaban J connectivity index is 3.10. The molecule has 0 unspecified atom stereocenters. The highest BCUT2D eigenvalue weighted by molar-refractivity contribution is 5.93. The molecule has 0 aliphatic rings. The van der Waals surface area contributed by atoms with Crippen LogP contribution in [-0.2, 0) is 27.7 Å². The smallest absolute Gasteiger partial charge is 0.340 e. The minimum Gasteiger partial charge on any atom is -0.469 e. The number of aromatic nitrogens is 1. The Morgan fingerprint density at radius 2 is 2.06 bits per heavy atom. The molecular formula is C12H17NO4. The first-order chi connectivity index (χ1) is 8.01. The van der Waals surface area contributed by atoms with Crippen molar-refractivity contribution in [2.75, 3.05) is 13.7 Å². The monoisotopic (exact) mass is 239 g/mol. The van der Waals surface area contributed by atoms with E-state index in [2.05, 4.69) is 4.74 Å². The summed E-state index contributed by atoms with van der Waals surface area (Å²) in [6.07, 6.45) is 1.86. The summed E-state index contributed by atoms with van der Waals surface area (Å²) in [5.41, 5.74) is 1.87. The van der Waals surface area contributed by atoms with Gasteiger partial charge in [0.1, 0.15) is 0 Å². The molecule has 0 aromatic carbocycles. The van der Waals surface area contributed by atoms with E-state index >= 15 is 0 Å². The van der Waals surface area contributed by atoms with Crippen molar-refractivity contribution >= 4 is 11.9 Å². The summed E-state index contributed by atoms with van der Waals surface area (Å²) in [5.74, 6) is -0.777. The predicted octanol–water partition coefficient (Wildman–Crippen LogP) is 1.23. The highest BCUT2D eigenvalue weighted by Crippen LogP contribution is 2.18. The summed E-state index contributed by atoms with van der Waals surface area (Å²) in [7, 11) is 3.11. The lowest BCUT2D eigenvalue weighted by Crippen LogP contribution is -2.14. The van der Waals surface area contributed by atoms with E-state index in [1.54, 1.807) is 24.7 Å². The molecule has 0 aliphatic heterocycles. The van der Waals surface area contributed by atoms with Gasteiger partial charge in [-0.25, -0.2) is 4.79 Å². The maximum atomic E-state index is 11.8. The Morgan fingerprint density at radius 3 is 2.59 bits per heavy atom. The van der Waals surface area contributed by atoms with Gasteiger partial charge in [0.15, 0.2) is 0 Å². The number of nitrogens with zero attached hydrogens (tertiary/aromatic N) is 1. The third-order valence-corrected chi connectivity index (χ3v) is 2.51. The van der Waals surface area contributed by atoms with E-state index in [4.69, 9.17) is 4.74 Å². The standard InChI is InChI=1S/C12H17NO4/c1-5-17-12(15)11-8(2)7-13(3)9(11)6-10(14)16-4/h7H,5-6H2,1-4H3. The lowest BCUT2D eigenvalue weighted by molar-refractivity contribution is -0.139. The van der Waals surface area contributed by atoms with Gasteiger partial charge in [0.05, 0.1) is 25.7 Å². The number of hydrogen-bond donors (Lipinski definition) is 0. The minimum absolute atomic E-state index is 0.0645. The number of aryl methyl sites for hydroxylation is 2. The summed E-state index contributed by atoms with van der Waals surface area (Å²) >= 11 is 0. The molecule has 1 aromatic rings. The van der Waals surface area contributed by atoms with Gasteiger partial charge in [-0.1, -0.05) is 0 Å². The number of carbonyl (C=O) groups is 2. The van der Waals surface area contributed by atoms with Crippen LogP contribution in [0.3, 0.4) is 0 Å². The molecule has 1 rings (SSSR count). The van der Waals surface area contributed by atoms with Gasteiger partial charge in [0.25, 0.3) is 0 Å². The number of rotatable bonds is 4. The molecule has 0 saturated heterocycles. The maximum Gasteiger partial charge on any atom is 0.340 e. The van der Waals surface area contributed by atoms with Gasteiger partial charge < -0.3 is 14.0 Å². The summed E-state index contributed by atoms with van der Waals surface area (Å²) in [6.45, 7) is 3.87. The molecule has 1 aromatic heterocycles. The Labute approximate surface area is 100 Å². The molecule has 0 N–H and O–H groups in total. The Hall–Kier alpha value is -1.78. The van der Waals surface area contributed by atoms with Gasteiger partial charge in [-0.15, -0.1) is 0 Å². The van der Waals surface area contributed by atoms with E-state index in [0.29, 0.717) is 17.9 Å². The minimum atomic E-state index is -0.399. The molecule has 0 radical (unpaired) electrons. The van der Waals surface area contributed by atoms with Crippen LogP contribution in [0.15, 0.2) is 6.20 Å². The molecule has 94 valence electrons. The van der Waals surface area contributed by atoms with Gasteiger partial charge >= 0.3 is 11.9 Å². The highest BCUT2D eigenvalue weighted by atomic mass is 16.5. The Bertz CT molecular complexity index is 434. The Kier molecular flexibility index (Phi) is 4.31. The van der Waals surface area contributed by atoms with Gasteiger partial charge in [0, 0.05) is 18.9 Å². The molecular weight excluding hydrogens is 222 g/mol. The second kappa shape index (κ2) is 5.52. The van der Waals surface area contributed by atoms with Crippen LogP contribution in [-0.4, -0.2) is 30.2 Å². The van der Waals surface area contributed by atoms with E-state index < -0.39 is 5.97 Å². The largest absolute Gasteiger partial charge is 0.469 e. The maximum absolute atomic E-state index is 11.8. The van der Waals surface area contributed by atoms with E-state index in [0.717, 1.165) is 5.56 Å². The van der Waals surface area contributed by atoms with Crippen LogP contribution in [0.4, 0.5) is 0 Å². The molecule has 0 saturated carbocycles. The van der Waals surface area contributed by atoms with Crippen molar-refractivity contribution < 1.29 is 19.1 Å². The average molecular weight is 239 g/mol. The molecule has 0 bridgehead atoms. The Morgan fingerprint density at radius 1 is 1.41 bits per heavy atom. The van der Waals surface area contributed by atoms with Crippen LogP contribution in [0, 0.1) is 6.92 Å². The fraction of sp³-hybridized carbons (Fsp3) is 0.500. The molecule has 0 fully saturated rings. The number of methoxy groups -OCH3 is 1. The summed E-state index contributed by atoms with van der Waals surface area (Å²) < 4.78 is 11.3. The summed E-state index contributed by atoms with van der Waals surface area (Å²) in [6, 6.07) is 0. The van der Waals surface area contributed by atoms with E-state index in [1.807, 2.05) is 6.92 Å². The zero-order chi connectivity index (χ0) is 13.0. The summed E-state index contributed by atoms with van der Waals surface area (Å²) in [4.78, 5) is 23.1. The van der Waals surface area contributed by atoms with Crippen molar-refractivity contribution in [2.24, 2.45) is 7.05 Å². The number of carbonyl (C=O) groups excluding carboxylic acids is 2. The first-order valence-corrected chi connectivity index (χ1v) is 5.40. The second-order valence-electron chi connectivity index (χ2n) is 3.72. The molecule has 5 nitrogen and oxygen atoms in total. The lowest BCUT2D eigenvalue weighted by Gasteiger charge is -2.06. The van der Waals surface area contributed by atoms with E-state index in [1.165, 1.54) is 7.11 Å². The molecule has 0 atom stereocenters. The van der Waals surface area contributed by atoms with Crippen molar-refractivity contribution in [3.05, 3.63) is 23.0 Å². The molecule has 17 heavy (non-hydrogen) atoms. The van der Waals surface area contributed by atoms with Gasteiger partial charge in [-0.2, -0.15) is 0 Å². The number of ether oxygens (including phenoxy) is 2. The topological polar surface area (TPSA) is 57.5 Å². The normalized spacial score (nSPS) is 10.1. The van der Waals surface area contributed by atoms with Gasteiger partial charge in [-0.05, 0) is 19.4 Å². The van der Waals surface area contributed by atoms with Gasteiger partial charge in [-0.3, -0.25) is 4.79 Å². The lowest BCUT2D eigenvalue weighted by atomic mass is 10.1. The third kappa shape index (κ3) is 2.87. The molecule has 0 aliphatic carbocycles. The first-order valence-electron chi connectivity index (χ1n) is 5.40. The fourth-order valence-corrected chi connectivity index (χ4v) is 1.74. The van der Waals surface area contributed by atoms with Crippen LogP contribution in [0.25, 0.3) is 0 Å². The van der Waals surface area contributed by atoms with E-state index in [9.17, 15) is 9.59 Å². The highest BCUT2D eigenvalue weighted by Gasteiger charge is 2.21. The second-order valence-corrected chi connectivity index (χ2v) is 3.72. The third-order valence-electron chi connectivity index (χ3n) is 2.51. The molecule has 0 spiro atoms. The van der Waals surface area contributed by atoms with Crippen LogP contribution in [0.5, 0.6) is 0 Å². The molecule has 5 heteroatoms. The van der Waals surface area contributed by atoms with Crippen LogP contribution < -0.4 is 0 Å². The SMILES string of the molecule is CCOC(=O)c1c(C)cn(C)c1CC(=O)OC. The van der Waals surface area contributed by atoms with E-state index in [-0.39, 0.29) is 12.4 Å². The quantitative estimate of drug-likeness (QED) is 0.741. The van der Waals surface area contributed by atoms with Crippen LogP contribution >= 0.6 is 0 Å². The number of hydrogen-bond acceptors (Lipinski definition) is 4. The average Bonchev–Trinajstić information content (AvgIpc) is 2.54. The zero-order valence-electron chi connectivity index (χ0n) is 10.6. The fourth-order valence-electron chi connectivity index (χ4n) is 1.74. The van der Waals surface area contributed by atoms with Crippen LogP contribution in [0.2, 0.25) is 0 Å². The van der Waals surface area contributed by atoms with Crippen molar-refractivity contribution in [2.45, 2.75) is 20.3 Å². The van der Waals surface area contributed by atoms with Crippen molar-refractivity contribution in [1.29, 1.82) is 0 Å². The molecule has 1 heterocycles. The predicted molar refractivity (Wildman–Crippen MR) is 61.8 cm³/mol. The zero-order valence-corrected chi connectivity index (χ0v) is 10.6. The van der Waals surface area contributed by atoms with Gasteiger partial charge in [0.2, 0.25) is 0 Å². The van der Waals surface area contributed by atoms with Crippen molar-refractivity contribution in [3.8, 4) is 0 Å².